The first-order valence-corrected chi connectivity index (χ1v) is 7.50. The Morgan fingerprint density at radius 1 is 1.41 bits per heavy atom. The molecule has 1 aromatic carbocycles. The van der Waals surface area contributed by atoms with Crippen LogP contribution in [0.25, 0.3) is 0 Å². The molecule has 0 heterocycles. The zero-order valence-corrected chi connectivity index (χ0v) is 12.3. The van der Waals surface area contributed by atoms with E-state index >= 15 is 0 Å². The van der Waals surface area contributed by atoms with Crippen LogP contribution in [0, 0.1) is 5.92 Å². The molecule has 17 heavy (non-hydrogen) atoms. The van der Waals surface area contributed by atoms with E-state index in [1.165, 1.54) is 35.7 Å². The van der Waals surface area contributed by atoms with Crippen molar-refractivity contribution < 1.29 is 0 Å². The van der Waals surface area contributed by atoms with Crippen LogP contribution in [0.5, 0.6) is 0 Å². The molecule has 1 aromatic rings. The van der Waals surface area contributed by atoms with Gasteiger partial charge in [0.1, 0.15) is 0 Å². The zero-order chi connectivity index (χ0) is 12.3. The third kappa shape index (κ3) is 3.56. The molecule has 0 bridgehead atoms. The first-order chi connectivity index (χ1) is 8.19. The van der Waals surface area contributed by atoms with E-state index < -0.39 is 0 Å². The van der Waals surface area contributed by atoms with Crippen LogP contribution < -0.4 is 5.32 Å². The van der Waals surface area contributed by atoms with Gasteiger partial charge in [0.2, 0.25) is 0 Å². The molecule has 1 saturated carbocycles. The Kier molecular flexibility index (Phi) is 4.63. The van der Waals surface area contributed by atoms with Crippen LogP contribution in [0.1, 0.15) is 51.1 Å². The Labute approximate surface area is 113 Å². The van der Waals surface area contributed by atoms with Gasteiger partial charge in [0.05, 0.1) is 0 Å². The Morgan fingerprint density at radius 3 is 2.88 bits per heavy atom. The van der Waals surface area contributed by atoms with E-state index in [0.717, 1.165) is 5.92 Å². The molecular formula is C15H22BrN. The summed E-state index contributed by atoms with van der Waals surface area (Å²) >= 11 is 3.54. The average Bonchev–Trinajstić information content (AvgIpc) is 2.77. The second-order valence-corrected chi connectivity index (χ2v) is 6.14. The lowest BCUT2D eigenvalue weighted by Gasteiger charge is -2.20. The minimum absolute atomic E-state index is 0.452. The highest BCUT2D eigenvalue weighted by Crippen LogP contribution is 2.29. The topological polar surface area (TPSA) is 12.0 Å². The lowest BCUT2D eigenvalue weighted by atomic mass is 10.0. The highest BCUT2D eigenvalue weighted by molar-refractivity contribution is 9.10. The molecule has 3 atom stereocenters. The maximum absolute atomic E-state index is 3.77. The smallest absolute Gasteiger partial charge is 0.0294 e. The van der Waals surface area contributed by atoms with Crippen LogP contribution in [-0.4, -0.2) is 6.04 Å². The SMILES string of the molecule is CCC1CCC(N[C@H](C)c2cccc(Br)c2)C1. The van der Waals surface area contributed by atoms with Gasteiger partial charge in [-0.15, -0.1) is 0 Å². The van der Waals surface area contributed by atoms with Crippen LogP contribution in [0.3, 0.4) is 0 Å². The molecule has 2 rings (SSSR count). The van der Waals surface area contributed by atoms with Crippen LogP contribution in [0.15, 0.2) is 28.7 Å². The van der Waals surface area contributed by atoms with Crippen molar-refractivity contribution in [1.82, 2.24) is 5.32 Å². The van der Waals surface area contributed by atoms with Gasteiger partial charge in [-0.05, 0) is 49.8 Å². The zero-order valence-electron chi connectivity index (χ0n) is 10.7. The van der Waals surface area contributed by atoms with Crippen molar-refractivity contribution in [3.63, 3.8) is 0 Å². The predicted molar refractivity (Wildman–Crippen MR) is 77.1 cm³/mol. The molecule has 0 amide bonds. The Hall–Kier alpha value is -0.340. The van der Waals surface area contributed by atoms with Gasteiger partial charge < -0.3 is 5.32 Å². The average molecular weight is 296 g/mol. The molecule has 1 N–H and O–H groups in total. The summed E-state index contributed by atoms with van der Waals surface area (Å²) in [5.74, 6) is 0.946. The summed E-state index contributed by atoms with van der Waals surface area (Å²) in [6.07, 6.45) is 5.44. The van der Waals surface area contributed by atoms with E-state index in [1.54, 1.807) is 0 Å². The molecule has 94 valence electrons. The minimum Gasteiger partial charge on any atom is -0.307 e. The predicted octanol–water partition coefficient (Wildman–Crippen LogP) is 4.68. The molecule has 0 spiro atoms. The Bertz CT molecular complexity index is 364. The van der Waals surface area contributed by atoms with Gasteiger partial charge >= 0.3 is 0 Å². The van der Waals surface area contributed by atoms with E-state index in [9.17, 15) is 0 Å². The lowest BCUT2D eigenvalue weighted by molar-refractivity contribution is 0.437. The van der Waals surface area contributed by atoms with Gasteiger partial charge in [-0.25, -0.2) is 0 Å². The molecule has 1 nitrogen and oxygen atoms in total. The molecule has 2 unspecified atom stereocenters. The first kappa shape index (κ1) is 13.1. The summed E-state index contributed by atoms with van der Waals surface area (Å²) in [4.78, 5) is 0. The fourth-order valence-corrected chi connectivity index (χ4v) is 3.24. The van der Waals surface area contributed by atoms with Gasteiger partial charge in [-0.3, -0.25) is 0 Å². The second-order valence-electron chi connectivity index (χ2n) is 5.23. The summed E-state index contributed by atoms with van der Waals surface area (Å²) in [6, 6.07) is 9.78. The molecule has 1 aliphatic rings. The van der Waals surface area contributed by atoms with Crippen molar-refractivity contribution in [2.45, 2.75) is 51.6 Å². The van der Waals surface area contributed by atoms with Crippen molar-refractivity contribution in [1.29, 1.82) is 0 Å². The molecule has 0 aliphatic heterocycles. The molecule has 1 fully saturated rings. The Morgan fingerprint density at radius 2 is 2.24 bits per heavy atom. The summed E-state index contributed by atoms with van der Waals surface area (Å²) in [6.45, 7) is 4.58. The van der Waals surface area contributed by atoms with E-state index in [1.807, 2.05) is 0 Å². The van der Waals surface area contributed by atoms with E-state index in [4.69, 9.17) is 0 Å². The largest absolute Gasteiger partial charge is 0.307 e. The fraction of sp³-hybridized carbons (Fsp3) is 0.600. The van der Waals surface area contributed by atoms with Crippen molar-refractivity contribution in [3.05, 3.63) is 34.3 Å². The number of rotatable bonds is 4. The molecule has 0 aromatic heterocycles. The number of nitrogens with one attached hydrogen (secondary N) is 1. The van der Waals surface area contributed by atoms with Crippen molar-refractivity contribution in [3.8, 4) is 0 Å². The first-order valence-electron chi connectivity index (χ1n) is 6.70. The van der Waals surface area contributed by atoms with Gasteiger partial charge in [0.15, 0.2) is 0 Å². The second kappa shape index (κ2) is 6.01. The molecular weight excluding hydrogens is 274 g/mol. The maximum Gasteiger partial charge on any atom is 0.0294 e. The highest BCUT2D eigenvalue weighted by atomic mass is 79.9. The van der Waals surface area contributed by atoms with Gasteiger partial charge in [0.25, 0.3) is 0 Å². The Balaban J connectivity index is 1.91. The molecule has 0 radical (unpaired) electrons. The summed E-state index contributed by atoms with van der Waals surface area (Å²) in [7, 11) is 0. The van der Waals surface area contributed by atoms with Crippen LogP contribution in [0.2, 0.25) is 0 Å². The highest BCUT2D eigenvalue weighted by Gasteiger charge is 2.24. The van der Waals surface area contributed by atoms with Crippen LogP contribution >= 0.6 is 15.9 Å². The minimum atomic E-state index is 0.452. The number of hydrogen-bond acceptors (Lipinski definition) is 1. The number of benzene rings is 1. The van der Waals surface area contributed by atoms with Gasteiger partial charge in [0, 0.05) is 16.6 Å². The monoisotopic (exact) mass is 295 g/mol. The normalized spacial score (nSPS) is 26.1. The quantitative estimate of drug-likeness (QED) is 0.850. The van der Waals surface area contributed by atoms with E-state index in [0.29, 0.717) is 12.1 Å². The van der Waals surface area contributed by atoms with Gasteiger partial charge in [-0.1, -0.05) is 41.4 Å². The van der Waals surface area contributed by atoms with Crippen LogP contribution in [0.4, 0.5) is 0 Å². The van der Waals surface area contributed by atoms with Gasteiger partial charge in [-0.2, -0.15) is 0 Å². The third-order valence-corrected chi connectivity index (χ3v) is 4.45. The molecule has 0 saturated heterocycles. The summed E-state index contributed by atoms with van der Waals surface area (Å²) < 4.78 is 1.17. The number of halogens is 1. The van der Waals surface area contributed by atoms with E-state index in [2.05, 4.69) is 59.4 Å². The van der Waals surface area contributed by atoms with Crippen molar-refractivity contribution >= 4 is 15.9 Å². The van der Waals surface area contributed by atoms with E-state index in [-0.39, 0.29) is 0 Å². The summed E-state index contributed by atoms with van der Waals surface area (Å²) in [5.41, 5.74) is 1.37. The third-order valence-electron chi connectivity index (χ3n) is 3.95. The molecule has 2 heteroatoms. The van der Waals surface area contributed by atoms with Crippen molar-refractivity contribution in [2.75, 3.05) is 0 Å². The molecule has 1 aliphatic carbocycles. The standard InChI is InChI=1S/C15H22BrN/c1-3-12-7-8-15(9-12)17-11(2)13-5-4-6-14(16)10-13/h4-6,10-12,15,17H,3,7-9H2,1-2H3/t11-,12?,15?/m1/s1. The summed E-state index contributed by atoms with van der Waals surface area (Å²) in [5, 5.41) is 3.77. The van der Waals surface area contributed by atoms with Crippen LogP contribution in [-0.2, 0) is 0 Å². The number of hydrogen-bond donors (Lipinski definition) is 1. The fourth-order valence-electron chi connectivity index (χ4n) is 2.82. The van der Waals surface area contributed by atoms with Crippen molar-refractivity contribution in [2.24, 2.45) is 5.92 Å². The lowest BCUT2D eigenvalue weighted by Crippen LogP contribution is -2.29. The maximum atomic E-state index is 3.77.